The van der Waals surface area contributed by atoms with Crippen LogP contribution < -0.4 is 4.74 Å². The van der Waals surface area contributed by atoms with E-state index in [1.807, 2.05) is 66.5 Å². The van der Waals surface area contributed by atoms with Crippen LogP contribution in [-0.4, -0.2) is 60.0 Å². The molecule has 2 aliphatic rings. The lowest BCUT2D eigenvalue weighted by Crippen LogP contribution is -2.36. The van der Waals surface area contributed by atoms with Gasteiger partial charge >= 0.3 is 0 Å². The molecule has 0 aromatic heterocycles. The Morgan fingerprint density at radius 2 is 1.74 bits per heavy atom. The smallest absolute Gasteiger partial charge is 0.254 e. The molecule has 39 heavy (non-hydrogen) atoms. The van der Waals surface area contributed by atoms with Gasteiger partial charge in [0.2, 0.25) is 0 Å². The second kappa shape index (κ2) is 12.0. The number of fused-ring (bicyclic) bond motifs is 1. The minimum atomic E-state index is -0.988. The molecule has 3 unspecified atom stereocenters. The van der Waals surface area contributed by atoms with E-state index in [-0.39, 0.29) is 17.9 Å². The predicted octanol–water partition coefficient (Wildman–Crippen LogP) is 6.92. The van der Waals surface area contributed by atoms with Crippen LogP contribution in [0.2, 0.25) is 10.0 Å². The topological polar surface area (TPSA) is 49.9 Å². The number of methoxy groups -OCH3 is 1. The lowest BCUT2D eigenvalue weighted by Gasteiger charge is -2.36. The number of benzene rings is 3. The van der Waals surface area contributed by atoms with Gasteiger partial charge < -0.3 is 14.5 Å². The molecule has 0 saturated carbocycles. The number of carbonyl (C=O) groups excluding carboxylic acids is 1. The van der Waals surface area contributed by atoms with Gasteiger partial charge in [-0.3, -0.25) is 9.00 Å². The molecule has 0 spiro atoms. The van der Waals surface area contributed by atoms with Gasteiger partial charge in [0.05, 0.1) is 34.0 Å². The maximum atomic E-state index is 13.3. The fraction of sp³-hybridized carbons (Fsp3) is 0.387. The van der Waals surface area contributed by atoms with Gasteiger partial charge in [-0.1, -0.05) is 53.5 Å². The van der Waals surface area contributed by atoms with Crippen LogP contribution in [0.5, 0.6) is 5.75 Å². The number of rotatable bonds is 8. The normalized spacial score (nSPS) is 19.7. The van der Waals surface area contributed by atoms with Gasteiger partial charge in [0.15, 0.2) is 0 Å². The van der Waals surface area contributed by atoms with Crippen molar-refractivity contribution in [2.45, 2.75) is 42.0 Å². The Bertz CT molecular complexity index is 1390. The molecule has 8 heteroatoms. The number of halogens is 2. The molecule has 0 bridgehead atoms. The molecule has 5 nitrogen and oxygen atoms in total. The number of likely N-dealkylation sites (N-methyl/N-ethyl adjacent to an activating group) is 1. The van der Waals surface area contributed by atoms with E-state index in [1.54, 1.807) is 13.4 Å². The summed E-state index contributed by atoms with van der Waals surface area (Å²) in [6, 6.07) is 19.6. The fourth-order valence-electron chi connectivity index (χ4n) is 6.24. The summed E-state index contributed by atoms with van der Waals surface area (Å²) >= 11 is 12.7. The zero-order chi connectivity index (χ0) is 27.7. The number of likely N-dealkylation sites (tertiary alicyclic amines) is 1. The molecule has 1 fully saturated rings. The second-order valence-corrected chi connectivity index (χ2v) is 12.7. The highest BCUT2D eigenvalue weighted by molar-refractivity contribution is 7.84. The number of hydrogen-bond donors (Lipinski definition) is 0. The predicted molar refractivity (Wildman–Crippen MR) is 159 cm³/mol. The zero-order valence-electron chi connectivity index (χ0n) is 22.5. The van der Waals surface area contributed by atoms with Crippen LogP contribution in [0.15, 0.2) is 65.6 Å². The van der Waals surface area contributed by atoms with Crippen LogP contribution in [-0.2, 0) is 10.8 Å². The number of ether oxygens (including phenoxy) is 1. The minimum absolute atomic E-state index is 0.00625. The Hall–Kier alpha value is -2.38. The van der Waals surface area contributed by atoms with Crippen LogP contribution in [0.1, 0.15) is 64.2 Å². The molecule has 2 heterocycles. The Morgan fingerprint density at radius 1 is 1.00 bits per heavy atom. The van der Waals surface area contributed by atoms with Gasteiger partial charge in [-0.2, -0.15) is 0 Å². The van der Waals surface area contributed by atoms with E-state index in [1.165, 1.54) is 5.56 Å². The van der Waals surface area contributed by atoms with Gasteiger partial charge in [-0.05, 0) is 91.8 Å². The van der Waals surface area contributed by atoms with Crippen molar-refractivity contribution < 1.29 is 13.7 Å². The maximum absolute atomic E-state index is 13.3. The molecule has 1 saturated heterocycles. The maximum Gasteiger partial charge on any atom is 0.254 e. The largest absolute Gasteiger partial charge is 0.497 e. The van der Waals surface area contributed by atoms with E-state index in [4.69, 9.17) is 27.9 Å². The molecular formula is C31H34Cl2N2O3S. The highest BCUT2D eigenvalue weighted by Gasteiger charge is 2.40. The van der Waals surface area contributed by atoms with Crippen LogP contribution in [0, 0.1) is 0 Å². The molecule has 5 rings (SSSR count). The van der Waals surface area contributed by atoms with Crippen LogP contribution in [0.3, 0.4) is 0 Å². The molecule has 3 atom stereocenters. The molecule has 3 aromatic rings. The molecular weight excluding hydrogens is 551 g/mol. The number of amides is 1. The summed E-state index contributed by atoms with van der Waals surface area (Å²) in [6.45, 7) is 2.87. The highest BCUT2D eigenvalue weighted by atomic mass is 35.5. The monoisotopic (exact) mass is 584 g/mol. The van der Waals surface area contributed by atoms with Gasteiger partial charge in [-0.15, -0.1) is 0 Å². The molecule has 1 amide bonds. The Morgan fingerprint density at radius 3 is 2.44 bits per heavy atom. The average molecular weight is 586 g/mol. The number of hydrogen-bond acceptors (Lipinski definition) is 4. The van der Waals surface area contributed by atoms with E-state index < -0.39 is 10.8 Å². The SMILES string of the molecule is COc1ccc2c(c1)C(=O)N(C)C2C(CCN1CCC(c2ccccc2S(C)=O)CC1)c1ccc(Cl)c(Cl)c1. The summed E-state index contributed by atoms with van der Waals surface area (Å²) in [6.07, 6.45) is 4.70. The van der Waals surface area contributed by atoms with Gasteiger partial charge in [-0.25, -0.2) is 0 Å². The van der Waals surface area contributed by atoms with Crippen molar-refractivity contribution in [2.24, 2.45) is 0 Å². The lowest BCUT2D eigenvalue weighted by atomic mass is 9.84. The number of carbonyl (C=O) groups is 1. The lowest BCUT2D eigenvalue weighted by molar-refractivity contribution is 0.0746. The van der Waals surface area contributed by atoms with Crippen molar-refractivity contribution in [3.8, 4) is 5.75 Å². The van der Waals surface area contributed by atoms with Crippen LogP contribution in [0.4, 0.5) is 0 Å². The van der Waals surface area contributed by atoms with Crippen LogP contribution >= 0.6 is 23.2 Å². The second-order valence-electron chi connectivity index (χ2n) is 10.5. The first-order valence-corrected chi connectivity index (χ1v) is 15.6. The first kappa shape index (κ1) is 28.2. The first-order chi connectivity index (χ1) is 18.8. The summed E-state index contributed by atoms with van der Waals surface area (Å²) in [5, 5.41) is 1.05. The summed E-state index contributed by atoms with van der Waals surface area (Å²) in [5.74, 6) is 1.15. The Labute approximate surface area is 243 Å². The summed E-state index contributed by atoms with van der Waals surface area (Å²) in [5.41, 5.74) is 4.01. The third-order valence-electron chi connectivity index (χ3n) is 8.31. The van der Waals surface area contributed by atoms with Gasteiger partial charge in [0.1, 0.15) is 5.75 Å². The zero-order valence-corrected chi connectivity index (χ0v) is 24.9. The molecule has 206 valence electrons. The molecule has 3 aromatic carbocycles. The third-order valence-corrected chi connectivity index (χ3v) is 10.0. The van der Waals surface area contributed by atoms with E-state index in [0.717, 1.165) is 54.9 Å². The van der Waals surface area contributed by atoms with E-state index in [9.17, 15) is 9.00 Å². The highest BCUT2D eigenvalue weighted by Crippen LogP contribution is 2.46. The van der Waals surface area contributed by atoms with Crippen molar-refractivity contribution in [1.29, 1.82) is 0 Å². The van der Waals surface area contributed by atoms with Crippen LogP contribution in [0.25, 0.3) is 0 Å². The van der Waals surface area contributed by atoms with Crippen molar-refractivity contribution >= 4 is 39.9 Å². The van der Waals surface area contributed by atoms with E-state index in [0.29, 0.717) is 27.3 Å². The van der Waals surface area contributed by atoms with Crippen molar-refractivity contribution in [3.05, 3.63) is 93.0 Å². The van der Waals surface area contributed by atoms with Gasteiger partial charge in [0.25, 0.3) is 5.91 Å². The number of nitrogens with zero attached hydrogens (tertiary/aromatic N) is 2. The van der Waals surface area contributed by atoms with Crippen molar-refractivity contribution in [1.82, 2.24) is 9.80 Å². The Balaban J connectivity index is 1.36. The van der Waals surface area contributed by atoms with Crippen molar-refractivity contribution in [3.63, 3.8) is 0 Å². The fourth-order valence-corrected chi connectivity index (χ4v) is 7.38. The molecule has 0 N–H and O–H groups in total. The summed E-state index contributed by atoms with van der Waals surface area (Å²) in [4.78, 5) is 18.6. The van der Waals surface area contributed by atoms with E-state index >= 15 is 0 Å². The quantitative estimate of drug-likeness (QED) is 0.288. The first-order valence-electron chi connectivity index (χ1n) is 13.3. The van der Waals surface area contributed by atoms with Crippen molar-refractivity contribution in [2.75, 3.05) is 40.0 Å². The van der Waals surface area contributed by atoms with E-state index in [2.05, 4.69) is 11.0 Å². The third kappa shape index (κ3) is 5.76. The summed E-state index contributed by atoms with van der Waals surface area (Å²) in [7, 11) is 2.51. The standard InChI is InChI=1S/C31H34Cl2N2O3S/c1-34-30(25-10-9-22(38-2)19-26(25)31(34)36)24(21-8-11-27(32)28(33)18-21)14-17-35-15-12-20(13-16-35)23-6-4-5-7-29(23)39(3)37/h4-11,18-20,24,30H,12-17H2,1-3H3. The molecule has 0 radical (unpaired) electrons. The summed E-state index contributed by atoms with van der Waals surface area (Å²) < 4.78 is 17.7. The average Bonchev–Trinajstić information content (AvgIpc) is 3.20. The Kier molecular flexibility index (Phi) is 8.67. The number of piperidine rings is 1. The molecule has 2 aliphatic heterocycles. The minimum Gasteiger partial charge on any atom is -0.497 e. The molecule has 0 aliphatic carbocycles. The van der Waals surface area contributed by atoms with Gasteiger partial charge in [0, 0.05) is 29.7 Å².